The molecule has 12 heteroatoms. The maximum Gasteiger partial charge on any atom is 0.325 e. The van der Waals surface area contributed by atoms with E-state index in [1.807, 2.05) is 48.5 Å². The van der Waals surface area contributed by atoms with E-state index in [4.69, 9.17) is 11.1 Å². The number of amidine groups is 1. The van der Waals surface area contributed by atoms with Crippen molar-refractivity contribution < 1.29 is 19.8 Å². The maximum atomic E-state index is 12.5. The topological polar surface area (TPSA) is 169 Å². The Morgan fingerprint density at radius 1 is 1.18 bits per heavy atom. The number of hydrogen-bond donors (Lipinski definition) is 7. The van der Waals surface area contributed by atoms with Crippen LogP contribution >= 0.6 is 11.8 Å². The zero-order chi connectivity index (χ0) is 31.5. The van der Waals surface area contributed by atoms with E-state index in [1.165, 1.54) is 12.1 Å². The highest BCUT2D eigenvalue weighted by Gasteiger charge is 2.40. The van der Waals surface area contributed by atoms with E-state index in [0.29, 0.717) is 48.1 Å². The van der Waals surface area contributed by atoms with Gasteiger partial charge in [0, 0.05) is 53.7 Å². The molecular formula is C32H41N7O4S. The largest absolute Gasteiger partial charge is 0.508 e. The van der Waals surface area contributed by atoms with Gasteiger partial charge in [0.2, 0.25) is 5.91 Å². The van der Waals surface area contributed by atoms with Crippen LogP contribution in [0.1, 0.15) is 56.6 Å². The Hall–Kier alpha value is -4.32. The number of nitrogens with two attached hydrogens (primary N) is 1. The zero-order valence-electron chi connectivity index (χ0n) is 25.1. The molecule has 2 aromatic carbocycles. The summed E-state index contributed by atoms with van der Waals surface area (Å²) >= 11 is 1.99. The number of benzene rings is 2. The van der Waals surface area contributed by atoms with Gasteiger partial charge in [-0.05, 0) is 54.7 Å². The Morgan fingerprint density at radius 2 is 1.98 bits per heavy atom. The van der Waals surface area contributed by atoms with Crippen molar-refractivity contribution in [1.82, 2.24) is 20.5 Å². The highest BCUT2D eigenvalue weighted by molar-refractivity contribution is 8.00. The van der Waals surface area contributed by atoms with Crippen molar-refractivity contribution in [3.63, 3.8) is 0 Å². The van der Waals surface area contributed by atoms with Crippen molar-refractivity contribution >= 4 is 46.1 Å². The number of phenolic OH excluding ortho intramolecular Hbond substituents is 2. The number of unbranched alkanes of at least 4 members (excludes halogenated alkanes) is 1. The maximum absolute atomic E-state index is 12.5. The molecule has 2 unspecified atom stereocenters. The molecule has 2 saturated heterocycles. The molecule has 2 aliphatic rings. The van der Waals surface area contributed by atoms with Crippen LogP contribution in [0.3, 0.4) is 0 Å². The number of fused-ring (bicyclic) bond motifs is 2. The summed E-state index contributed by atoms with van der Waals surface area (Å²) in [6, 6.07) is 9.87. The van der Waals surface area contributed by atoms with Crippen molar-refractivity contribution in [1.29, 1.82) is 5.41 Å². The summed E-state index contributed by atoms with van der Waals surface area (Å²) < 4.78 is 2.02. The molecule has 234 valence electrons. The van der Waals surface area contributed by atoms with Gasteiger partial charge in [-0.15, -0.1) is 0 Å². The number of amides is 3. The molecule has 0 radical (unpaired) electrons. The molecule has 8 N–H and O–H groups in total. The minimum absolute atomic E-state index is 0.0449. The second-order valence-electron chi connectivity index (χ2n) is 11.7. The number of aromatic hydroxyl groups is 2. The Morgan fingerprint density at radius 3 is 2.73 bits per heavy atom. The summed E-state index contributed by atoms with van der Waals surface area (Å²) in [6.07, 6.45) is 5.37. The molecule has 11 nitrogen and oxygen atoms in total. The second-order valence-corrected chi connectivity index (χ2v) is 13.0. The number of carbonyl (C=O) groups is 2. The lowest BCUT2D eigenvalue weighted by Crippen LogP contribution is -2.41. The first-order valence-electron chi connectivity index (χ1n) is 15.0. The first-order valence-corrected chi connectivity index (χ1v) is 16.0. The first kappa shape index (κ1) is 31.1. The molecule has 44 heavy (non-hydrogen) atoms. The van der Waals surface area contributed by atoms with E-state index in [0.717, 1.165) is 46.6 Å². The number of primary amides is 1. The minimum Gasteiger partial charge on any atom is -0.508 e. The smallest absolute Gasteiger partial charge is 0.325 e. The van der Waals surface area contributed by atoms with Gasteiger partial charge in [0.05, 0.1) is 29.2 Å². The average molecular weight is 620 g/mol. The first-order chi connectivity index (χ1) is 21.0. The molecular weight excluding hydrogens is 578 g/mol. The Bertz CT molecular complexity index is 1590. The summed E-state index contributed by atoms with van der Waals surface area (Å²) in [5, 5.41) is 40.6. The second kappa shape index (κ2) is 13.1. The van der Waals surface area contributed by atoms with E-state index >= 15 is 0 Å². The molecule has 2 aliphatic heterocycles. The lowest BCUT2D eigenvalue weighted by Gasteiger charge is -2.23. The van der Waals surface area contributed by atoms with Crippen molar-refractivity contribution in [2.45, 2.75) is 69.3 Å². The normalized spacial score (nSPS) is 19.1. The fourth-order valence-corrected chi connectivity index (χ4v) is 7.58. The molecule has 5 rings (SSSR count). The van der Waals surface area contributed by atoms with Crippen molar-refractivity contribution in [3.05, 3.63) is 66.1 Å². The van der Waals surface area contributed by atoms with Crippen LogP contribution in [0.25, 0.3) is 10.9 Å². The van der Waals surface area contributed by atoms with Crippen LogP contribution in [-0.4, -0.2) is 62.2 Å². The van der Waals surface area contributed by atoms with Crippen LogP contribution in [0.4, 0.5) is 10.5 Å². The third-order valence-corrected chi connectivity index (χ3v) is 9.83. The van der Waals surface area contributed by atoms with Gasteiger partial charge in [-0.3, -0.25) is 10.2 Å². The van der Waals surface area contributed by atoms with Gasteiger partial charge in [0.1, 0.15) is 17.3 Å². The summed E-state index contributed by atoms with van der Waals surface area (Å²) in [6.45, 7) is 8.80. The number of phenols is 2. The quantitative estimate of drug-likeness (QED) is 0.0955. The van der Waals surface area contributed by atoms with Crippen molar-refractivity contribution in [2.75, 3.05) is 17.2 Å². The summed E-state index contributed by atoms with van der Waals surface area (Å²) in [7, 11) is 0. The third kappa shape index (κ3) is 6.59. The number of urea groups is 1. The van der Waals surface area contributed by atoms with E-state index < -0.39 is 6.03 Å². The molecule has 3 atom stereocenters. The van der Waals surface area contributed by atoms with Crippen LogP contribution < -0.4 is 26.6 Å². The Balaban J connectivity index is 1.15. The molecule has 3 aromatic rings. The fourth-order valence-electron chi connectivity index (χ4n) is 6.04. The number of aromatic nitrogens is 1. The number of hydrogen-bond acceptors (Lipinski definition) is 8. The van der Waals surface area contributed by atoms with Gasteiger partial charge in [0.25, 0.3) is 0 Å². The molecule has 2 fully saturated rings. The van der Waals surface area contributed by atoms with E-state index in [2.05, 4.69) is 22.5 Å². The molecule has 0 spiro atoms. The van der Waals surface area contributed by atoms with Crippen LogP contribution in [0.2, 0.25) is 0 Å². The lowest BCUT2D eigenvalue weighted by molar-refractivity contribution is -0.121. The Labute approximate surface area is 261 Å². The van der Waals surface area contributed by atoms with E-state index in [-0.39, 0.29) is 34.7 Å². The van der Waals surface area contributed by atoms with Gasteiger partial charge in [0.15, 0.2) is 0 Å². The van der Waals surface area contributed by atoms with Gasteiger partial charge >= 0.3 is 6.03 Å². The SMILES string of the molecule is C=C1NC2CS[C@@H](CCCCC(=O)NCCn3ccc4cc(N(C(=N)c5cc(C(C)C)c(O)cc5O)C(N)=O)ccc43)C2N1. The predicted molar refractivity (Wildman–Crippen MR) is 175 cm³/mol. The summed E-state index contributed by atoms with van der Waals surface area (Å²) in [5.41, 5.74) is 7.59. The van der Waals surface area contributed by atoms with Crippen molar-refractivity contribution in [3.8, 4) is 11.5 Å². The van der Waals surface area contributed by atoms with Gasteiger partial charge in [-0.2, -0.15) is 11.8 Å². The number of nitrogens with one attached hydrogen (secondary N) is 4. The van der Waals surface area contributed by atoms with Crippen LogP contribution in [0.5, 0.6) is 11.5 Å². The Kier molecular flexibility index (Phi) is 9.28. The monoisotopic (exact) mass is 619 g/mol. The molecule has 0 aliphatic carbocycles. The molecule has 3 heterocycles. The summed E-state index contributed by atoms with van der Waals surface area (Å²) in [5.74, 6) is 1.28. The van der Waals surface area contributed by atoms with E-state index in [9.17, 15) is 19.8 Å². The molecule has 0 bridgehead atoms. The fraction of sp³-hybridized carbons (Fsp3) is 0.406. The molecule has 0 saturated carbocycles. The standard InChI is InChI=1S/C32H41N7O4S/c1-18(2)22-15-23(27(41)16-26(22)40)31(33)39(32(34)43)21-8-9-25-20(14-21)10-12-38(25)13-11-35-29(42)7-5-4-6-28-30-24(17-44-28)36-19(3)37-30/h8-10,12,14-16,18,24,28,30,33,36-37,40-41H,3-7,11,13,17H2,1-2H3,(H2,34,43)(H,35,42)/t24?,28-,30?/m0/s1. The number of carbonyl (C=O) groups excluding carboxylic acids is 2. The predicted octanol–water partition coefficient (Wildman–Crippen LogP) is 4.28. The van der Waals surface area contributed by atoms with Gasteiger partial charge < -0.3 is 36.5 Å². The number of nitrogens with zero attached hydrogens (tertiary/aromatic N) is 2. The highest BCUT2D eigenvalue weighted by atomic mass is 32.2. The number of rotatable bonds is 11. The van der Waals surface area contributed by atoms with Crippen molar-refractivity contribution in [2.24, 2.45) is 5.73 Å². The van der Waals surface area contributed by atoms with Gasteiger partial charge in [-0.25, -0.2) is 9.69 Å². The van der Waals surface area contributed by atoms with Crippen LogP contribution in [0, 0.1) is 5.41 Å². The van der Waals surface area contributed by atoms with E-state index in [1.54, 1.807) is 12.1 Å². The number of thioether (sulfide) groups is 1. The zero-order valence-corrected chi connectivity index (χ0v) is 25.9. The summed E-state index contributed by atoms with van der Waals surface area (Å²) in [4.78, 5) is 26.0. The van der Waals surface area contributed by atoms with Crippen LogP contribution in [-0.2, 0) is 11.3 Å². The molecule has 3 amide bonds. The highest BCUT2D eigenvalue weighted by Crippen LogP contribution is 2.35. The lowest BCUT2D eigenvalue weighted by atomic mass is 9.98. The minimum atomic E-state index is -0.876. The molecule has 1 aromatic heterocycles. The third-order valence-electron chi connectivity index (χ3n) is 8.32. The van der Waals surface area contributed by atoms with Gasteiger partial charge in [-0.1, -0.05) is 26.8 Å². The average Bonchev–Trinajstić information content (AvgIpc) is 3.65. The van der Waals surface area contributed by atoms with Crippen LogP contribution in [0.15, 0.2) is 55.0 Å². The number of anilines is 1.